The average molecular weight is 352 g/mol. The third-order valence-electron chi connectivity index (χ3n) is 3.40. The van der Waals surface area contributed by atoms with E-state index in [4.69, 9.17) is 0 Å². The summed E-state index contributed by atoms with van der Waals surface area (Å²) in [5.74, 6) is -1.22. The second kappa shape index (κ2) is 7.25. The Bertz CT molecular complexity index is 787. The first-order chi connectivity index (χ1) is 11.7. The topological polar surface area (TPSA) is 67.4 Å². The molecule has 8 heteroatoms. The first kappa shape index (κ1) is 18.3. The van der Waals surface area contributed by atoms with E-state index < -0.39 is 18.0 Å². The molecule has 2 aromatic rings. The number of anilines is 1. The molecule has 2 amide bonds. The molecule has 0 saturated heterocycles. The highest BCUT2D eigenvalue weighted by Crippen LogP contribution is 2.24. The third-order valence-corrected chi connectivity index (χ3v) is 3.40. The lowest BCUT2D eigenvalue weighted by atomic mass is 10.1. The van der Waals surface area contributed by atoms with Gasteiger partial charge in [0.05, 0.1) is 0 Å². The minimum absolute atomic E-state index is 0.152. The van der Waals surface area contributed by atoms with Gasteiger partial charge in [-0.25, -0.2) is 0 Å². The number of alkyl halides is 3. The predicted molar refractivity (Wildman–Crippen MR) is 85.6 cm³/mol. The van der Waals surface area contributed by atoms with Crippen LogP contribution in [-0.4, -0.2) is 25.2 Å². The molecule has 0 spiro atoms. The van der Waals surface area contributed by atoms with Crippen LogP contribution in [0.25, 0.3) is 0 Å². The lowest BCUT2D eigenvalue weighted by molar-refractivity contribution is -0.274. The van der Waals surface area contributed by atoms with Crippen LogP contribution in [0.15, 0.2) is 42.5 Å². The fraction of sp³-hybridized carbons (Fsp3) is 0.176. The Balaban J connectivity index is 2.16. The van der Waals surface area contributed by atoms with Crippen LogP contribution >= 0.6 is 0 Å². The van der Waals surface area contributed by atoms with E-state index in [1.165, 1.54) is 19.2 Å². The second-order valence-electron chi connectivity index (χ2n) is 5.08. The fourth-order valence-corrected chi connectivity index (χ4v) is 2.15. The van der Waals surface area contributed by atoms with Gasteiger partial charge in [0.1, 0.15) is 5.75 Å². The number of halogens is 3. The van der Waals surface area contributed by atoms with Crippen molar-refractivity contribution in [3.63, 3.8) is 0 Å². The molecule has 5 nitrogen and oxygen atoms in total. The maximum absolute atomic E-state index is 12.2. The van der Waals surface area contributed by atoms with E-state index in [1.807, 2.05) is 0 Å². The Kier molecular flexibility index (Phi) is 5.31. The van der Waals surface area contributed by atoms with Gasteiger partial charge >= 0.3 is 6.36 Å². The molecule has 25 heavy (non-hydrogen) atoms. The molecule has 0 aliphatic heterocycles. The minimum atomic E-state index is -4.79. The quantitative estimate of drug-likeness (QED) is 0.885. The number of rotatable bonds is 4. The molecule has 0 atom stereocenters. The summed E-state index contributed by atoms with van der Waals surface area (Å²) < 4.78 is 40.1. The highest BCUT2D eigenvalue weighted by molar-refractivity contribution is 6.06. The van der Waals surface area contributed by atoms with Gasteiger partial charge in [-0.05, 0) is 48.9 Å². The van der Waals surface area contributed by atoms with E-state index in [0.717, 1.165) is 12.1 Å². The van der Waals surface area contributed by atoms with Gasteiger partial charge in [0.2, 0.25) is 0 Å². The molecule has 0 heterocycles. The van der Waals surface area contributed by atoms with Crippen LogP contribution in [0.4, 0.5) is 18.9 Å². The largest absolute Gasteiger partial charge is 0.573 e. The Morgan fingerprint density at radius 1 is 1.00 bits per heavy atom. The standard InChI is InChI=1S/C17H15F3N2O3/c1-10-13(16(24)21-2)4-3-5-14(10)22-15(23)11-6-8-12(9-7-11)25-17(18,19)20/h3-9H,1-2H3,(H,21,24)(H,22,23). The molecule has 2 rings (SSSR count). The van der Waals surface area contributed by atoms with Crippen molar-refractivity contribution in [3.05, 3.63) is 59.2 Å². The van der Waals surface area contributed by atoms with Crippen molar-refractivity contribution in [2.45, 2.75) is 13.3 Å². The van der Waals surface area contributed by atoms with Crippen molar-refractivity contribution in [1.82, 2.24) is 5.32 Å². The maximum Gasteiger partial charge on any atom is 0.573 e. The highest BCUT2D eigenvalue weighted by atomic mass is 19.4. The number of hydrogen-bond donors (Lipinski definition) is 2. The van der Waals surface area contributed by atoms with Gasteiger partial charge in [-0.2, -0.15) is 0 Å². The molecule has 0 unspecified atom stereocenters. The van der Waals surface area contributed by atoms with Crippen molar-refractivity contribution in [1.29, 1.82) is 0 Å². The van der Waals surface area contributed by atoms with Crippen molar-refractivity contribution < 1.29 is 27.5 Å². The normalized spacial score (nSPS) is 10.9. The monoisotopic (exact) mass is 352 g/mol. The van der Waals surface area contributed by atoms with Crippen LogP contribution in [-0.2, 0) is 0 Å². The van der Waals surface area contributed by atoms with Crippen LogP contribution in [0.5, 0.6) is 5.75 Å². The number of amides is 2. The summed E-state index contributed by atoms with van der Waals surface area (Å²) in [7, 11) is 1.50. The zero-order valence-corrected chi connectivity index (χ0v) is 13.4. The van der Waals surface area contributed by atoms with Crippen LogP contribution in [0, 0.1) is 6.92 Å². The third kappa shape index (κ3) is 4.72. The van der Waals surface area contributed by atoms with E-state index in [2.05, 4.69) is 15.4 Å². The second-order valence-corrected chi connectivity index (χ2v) is 5.08. The zero-order valence-electron chi connectivity index (χ0n) is 13.4. The number of carbonyl (C=O) groups is 2. The zero-order chi connectivity index (χ0) is 18.6. The van der Waals surface area contributed by atoms with Crippen LogP contribution in [0.1, 0.15) is 26.3 Å². The molecule has 0 aromatic heterocycles. The lowest BCUT2D eigenvalue weighted by Gasteiger charge is -2.12. The van der Waals surface area contributed by atoms with Gasteiger partial charge in [-0.15, -0.1) is 13.2 Å². The summed E-state index contributed by atoms with van der Waals surface area (Å²) in [6, 6.07) is 9.40. The molecule has 0 fully saturated rings. The van der Waals surface area contributed by atoms with Gasteiger partial charge in [0, 0.05) is 23.9 Å². The molecule has 0 bridgehead atoms. The summed E-state index contributed by atoms with van der Waals surface area (Å²) in [5.41, 5.74) is 1.57. The smallest absolute Gasteiger partial charge is 0.406 e. The van der Waals surface area contributed by atoms with Crippen LogP contribution < -0.4 is 15.4 Å². The molecule has 2 N–H and O–H groups in total. The van der Waals surface area contributed by atoms with E-state index in [-0.39, 0.29) is 11.5 Å². The predicted octanol–water partition coefficient (Wildman–Crippen LogP) is 3.51. The highest BCUT2D eigenvalue weighted by Gasteiger charge is 2.31. The first-order valence-corrected chi connectivity index (χ1v) is 7.20. The molecule has 2 aromatic carbocycles. The summed E-state index contributed by atoms with van der Waals surface area (Å²) >= 11 is 0. The number of hydrogen-bond acceptors (Lipinski definition) is 3. The van der Waals surface area contributed by atoms with Gasteiger partial charge < -0.3 is 15.4 Å². The van der Waals surface area contributed by atoms with E-state index in [9.17, 15) is 22.8 Å². The summed E-state index contributed by atoms with van der Waals surface area (Å²) in [6.45, 7) is 1.68. The Labute approximate surface area is 141 Å². The van der Waals surface area contributed by atoms with E-state index in [1.54, 1.807) is 25.1 Å². The first-order valence-electron chi connectivity index (χ1n) is 7.20. The Morgan fingerprint density at radius 2 is 1.64 bits per heavy atom. The SMILES string of the molecule is CNC(=O)c1cccc(NC(=O)c2ccc(OC(F)(F)F)cc2)c1C. The maximum atomic E-state index is 12.2. The molecular formula is C17H15F3N2O3. The average Bonchev–Trinajstić information content (AvgIpc) is 2.55. The molecular weight excluding hydrogens is 337 g/mol. The molecule has 0 aliphatic carbocycles. The fourth-order valence-electron chi connectivity index (χ4n) is 2.15. The summed E-state index contributed by atoms with van der Waals surface area (Å²) in [6.07, 6.45) is -4.79. The molecule has 0 aliphatic rings. The van der Waals surface area contributed by atoms with Gasteiger partial charge in [0.15, 0.2) is 0 Å². The van der Waals surface area contributed by atoms with E-state index in [0.29, 0.717) is 16.8 Å². The number of nitrogens with one attached hydrogen (secondary N) is 2. The van der Waals surface area contributed by atoms with Gasteiger partial charge in [-0.3, -0.25) is 9.59 Å². The molecule has 132 valence electrons. The Hall–Kier alpha value is -3.03. The van der Waals surface area contributed by atoms with Crippen molar-refractivity contribution >= 4 is 17.5 Å². The van der Waals surface area contributed by atoms with Crippen LogP contribution in [0.3, 0.4) is 0 Å². The summed E-state index contributed by atoms with van der Waals surface area (Å²) in [4.78, 5) is 24.0. The minimum Gasteiger partial charge on any atom is -0.406 e. The van der Waals surface area contributed by atoms with Crippen LogP contribution in [0.2, 0.25) is 0 Å². The van der Waals surface area contributed by atoms with E-state index >= 15 is 0 Å². The Morgan fingerprint density at radius 3 is 2.20 bits per heavy atom. The number of benzene rings is 2. The van der Waals surface area contributed by atoms with Gasteiger partial charge in [0.25, 0.3) is 11.8 Å². The van der Waals surface area contributed by atoms with Crippen molar-refractivity contribution in [2.24, 2.45) is 0 Å². The molecule has 0 saturated carbocycles. The van der Waals surface area contributed by atoms with Crippen molar-refractivity contribution in [2.75, 3.05) is 12.4 Å². The van der Waals surface area contributed by atoms with Crippen molar-refractivity contribution in [3.8, 4) is 5.75 Å². The lowest BCUT2D eigenvalue weighted by Crippen LogP contribution is -2.20. The van der Waals surface area contributed by atoms with Gasteiger partial charge in [-0.1, -0.05) is 6.07 Å². The number of carbonyl (C=O) groups excluding carboxylic acids is 2. The number of ether oxygens (including phenoxy) is 1. The molecule has 0 radical (unpaired) electrons. The summed E-state index contributed by atoms with van der Waals surface area (Å²) in [5, 5.41) is 5.13.